The van der Waals surface area contributed by atoms with Gasteiger partial charge in [-0.05, 0) is 6.07 Å². The molecule has 0 spiro atoms. The lowest BCUT2D eigenvalue weighted by molar-refractivity contribution is -0.232. The zero-order valence-corrected chi connectivity index (χ0v) is 15.1. The minimum atomic E-state index is -1.81. The average Bonchev–Trinajstić information content (AvgIpc) is 2.69. The van der Waals surface area contributed by atoms with Crippen LogP contribution >= 0.6 is 0 Å². The minimum absolute atomic E-state index is 0.123. The molecule has 3 aromatic rings. The van der Waals surface area contributed by atoms with Crippen molar-refractivity contribution in [2.24, 2.45) is 0 Å². The van der Waals surface area contributed by atoms with Crippen molar-refractivity contribution in [1.82, 2.24) is 0 Å². The molecule has 0 unspecified atom stereocenters. The van der Waals surface area contributed by atoms with Gasteiger partial charge >= 0.3 is 0 Å². The number of aromatic hydroxyl groups is 4. The number of hydrogen-bond acceptors (Lipinski definition) is 11. The third kappa shape index (κ3) is 2.83. The highest BCUT2D eigenvalue weighted by Crippen LogP contribution is 2.45. The summed E-state index contributed by atoms with van der Waals surface area (Å²) in [5.74, 6) is -2.62. The molecule has 8 N–H and O–H groups in total. The first-order chi connectivity index (χ1) is 14.1. The van der Waals surface area contributed by atoms with Crippen molar-refractivity contribution in [2.75, 3.05) is 6.61 Å². The first kappa shape index (κ1) is 20.2. The molecule has 0 aliphatic carbocycles. The number of benzene rings is 2. The molecule has 5 atom stereocenters. The van der Waals surface area contributed by atoms with E-state index in [0.29, 0.717) is 0 Å². The number of aliphatic hydroxyl groups is 4. The molecule has 4 rings (SSSR count). The SMILES string of the molecule is O=c1c2cc(O)c(O)cc2oc2cc(O)c([C@H]3O[C@@H](CO)[C@H](O)[C@@H](O)[C@@H]3O)c(O)c12. The molecule has 1 aliphatic rings. The van der Waals surface area contributed by atoms with E-state index in [-0.39, 0.29) is 16.6 Å². The molecule has 1 saturated heterocycles. The van der Waals surface area contributed by atoms with Crippen LogP contribution < -0.4 is 5.43 Å². The molecule has 0 amide bonds. The van der Waals surface area contributed by atoms with Gasteiger partial charge in [-0.25, -0.2) is 0 Å². The van der Waals surface area contributed by atoms with Gasteiger partial charge < -0.3 is 50.0 Å². The highest BCUT2D eigenvalue weighted by molar-refractivity contribution is 5.96. The number of ether oxygens (including phenoxy) is 1. The number of hydrogen-bond donors (Lipinski definition) is 8. The van der Waals surface area contributed by atoms with Crippen LogP contribution in [0.1, 0.15) is 11.7 Å². The van der Waals surface area contributed by atoms with Crippen LogP contribution in [0.25, 0.3) is 21.9 Å². The number of phenols is 4. The second-order valence-corrected chi connectivity index (χ2v) is 7.05. The lowest BCUT2D eigenvalue weighted by atomic mass is 9.89. The van der Waals surface area contributed by atoms with E-state index in [1.54, 1.807) is 0 Å². The quantitative estimate of drug-likeness (QED) is 0.191. The van der Waals surface area contributed by atoms with Gasteiger partial charge in [0.2, 0.25) is 5.43 Å². The average molecular weight is 422 g/mol. The number of rotatable bonds is 2. The van der Waals surface area contributed by atoms with Crippen LogP contribution in [0.5, 0.6) is 23.0 Å². The van der Waals surface area contributed by atoms with Crippen molar-refractivity contribution >= 4 is 21.9 Å². The predicted octanol–water partition coefficient (Wildman–Crippen LogP) is -0.717. The number of phenolic OH excluding ortho intramolecular Hbond substituents is 4. The molecular formula is C19H18O11. The van der Waals surface area contributed by atoms with Crippen LogP contribution in [0.2, 0.25) is 0 Å². The molecule has 0 saturated carbocycles. The first-order valence-corrected chi connectivity index (χ1v) is 8.83. The number of fused-ring (bicyclic) bond motifs is 2. The minimum Gasteiger partial charge on any atom is -0.507 e. The summed E-state index contributed by atoms with van der Waals surface area (Å²) in [6.45, 7) is -0.730. The zero-order chi connectivity index (χ0) is 21.9. The highest BCUT2D eigenvalue weighted by Gasteiger charge is 2.46. The maximum absolute atomic E-state index is 12.9. The maximum atomic E-state index is 12.9. The van der Waals surface area contributed by atoms with E-state index in [4.69, 9.17) is 9.15 Å². The van der Waals surface area contributed by atoms with Crippen LogP contribution in [0.4, 0.5) is 0 Å². The van der Waals surface area contributed by atoms with Crippen molar-refractivity contribution in [2.45, 2.75) is 30.5 Å². The lowest BCUT2D eigenvalue weighted by Crippen LogP contribution is -2.55. The van der Waals surface area contributed by atoms with Gasteiger partial charge in [0.1, 0.15) is 58.6 Å². The fourth-order valence-electron chi connectivity index (χ4n) is 3.64. The summed E-state index contributed by atoms with van der Waals surface area (Å²) in [4.78, 5) is 12.9. The smallest absolute Gasteiger partial charge is 0.204 e. The van der Waals surface area contributed by atoms with Gasteiger partial charge in [-0.2, -0.15) is 0 Å². The fraction of sp³-hybridized carbons (Fsp3) is 0.316. The third-order valence-corrected chi connectivity index (χ3v) is 5.23. The van der Waals surface area contributed by atoms with Crippen molar-refractivity contribution in [3.63, 3.8) is 0 Å². The van der Waals surface area contributed by atoms with E-state index in [1.807, 2.05) is 0 Å². The summed E-state index contributed by atoms with van der Waals surface area (Å²) < 4.78 is 10.8. The molecule has 11 nitrogen and oxygen atoms in total. The molecule has 0 bridgehead atoms. The Morgan fingerprint density at radius 1 is 0.833 bits per heavy atom. The zero-order valence-electron chi connectivity index (χ0n) is 15.1. The molecule has 1 aromatic heterocycles. The van der Waals surface area contributed by atoms with E-state index < -0.39 is 76.5 Å². The van der Waals surface area contributed by atoms with E-state index in [1.165, 1.54) is 0 Å². The van der Waals surface area contributed by atoms with Crippen molar-refractivity contribution < 1.29 is 50.0 Å². The molecule has 2 heterocycles. The first-order valence-electron chi connectivity index (χ1n) is 8.83. The number of aliphatic hydroxyl groups excluding tert-OH is 4. The molecule has 11 heteroatoms. The Morgan fingerprint density at radius 2 is 1.47 bits per heavy atom. The van der Waals surface area contributed by atoms with Gasteiger partial charge in [-0.15, -0.1) is 0 Å². The van der Waals surface area contributed by atoms with Gasteiger partial charge in [-0.3, -0.25) is 4.79 Å². The van der Waals surface area contributed by atoms with Gasteiger partial charge in [-0.1, -0.05) is 0 Å². The second kappa shape index (κ2) is 7.00. The Labute approximate surface area is 166 Å². The fourth-order valence-corrected chi connectivity index (χ4v) is 3.64. The van der Waals surface area contributed by atoms with E-state index >= 15 is 0 Å². The van der Waals surface area contributed by atoms with Crippen LogP contribution in [-0.2, 0) is 4.74 Å². The van der Waals surface area contributed by atoms with Crippen molar-refractivity contribution in [1.29, 1.82) is 0 Å². The Bertz CT molecular complexity index is 1200. The summed E-state index contributed by atoms with van der Waals surface area (Å²) in [7, 11) is 0. The molecule has 1 fully saturated rings. The van der Waals surface area contributed by atoms with Crippen molar-refractivity contribution in [3.05, 3.63) is 34.0 Å². The van der Waals surface area contributed by atoms with Crippen LogP contribution in [-0.4, -0.2) is 71.9 Å². The second-order valence-electron chi connectivity index (χ2n) is 7.05. The Kier molecular flexibility index (Phi) is 4.71. The van der Waals surface area contributed by atoms with Gasteiger partial charge in [0, 0.05) is 12.1 Å². The van der Waals surface area contributed by atoms with Crippen LogP contribution in [0.3, 0.4) is 0 Å². The van der Waals surface area contributed by atoms with Crippen LogP contribution in [0.15, 0.2) is 27.4 Å². The normalized spacial score (nSPS) is 27.0. The summed E-state index contributed by atoms with van der Waals surface area (Å²) in [5, 5.41) is 79.4. The standard InChI is InChI=1S/C19H18O11/c20-4-11-15(25)17(27)18(28)19(30-11)12-8(23)3-10-13(16(12)26)14(24)5-1-6(21)7(22)2-9(5)29-10/h1-3,11,15,17-23,25-28H,4H2/t11-,15-,17+,18-,19+/m0/s1. The molecule has 2 aromatic carbocycles. The topological polar surface area (TPSA) is 201 Å². The van der Waals surface area contributed by atoms with Gasteiger partial charge in [0.15, 0.2) is 11.5 Å². The van der Waals surface area contributed by atoms with E-state index in [2.05, 4.69) is 0 Å². The van der Waals surface area contributed by atoms with Gasteiger partial charge in [0.25, 0.3) is 0 Å². The van der Waals surface area contributed by atoms with Gasteiger partial charge in [0.05, 0.1) is 17.6 Å². The van der Waals surface area contributed by atoms with Crippen LogP contribution in [0, 0.1) is 0 Å². The Morgan fingerprint density at radius 3 is 2.13 bits per heavy atom. The molecule has 160 valence electrons. The Hall–Kier alpha value is -3.09. The van der Waals surface area contributed by atoms with E-state index in [0.717, 1.165) is 18.2 Å². The lowest BCUT2D eigenvalue weighted by Gasteiger charge is -2.40. The summed E-state index contributed by atoms with van der Waals surface area (Å²) in [6.07, 6.45) is -8.16. The molecule has 30 heavy (non-hydrogen) atoms. The van der Waals surface area contributed by atoms with E-state index in [9.17, 15) is 45.6 Å². The maximum Gasteiger partial charge on any atom is 0.204 e. The summed E-state index contributed by atoms with van der Waals surface area (Å²) in [5.41, 5.74) is -1.66. The third-order valence-electron chi connectivity index (χ3n) is 5.23. The molecule has 0 radical (unpaired) electrons. The highest BCUT2D eigenvalue weighted by atomic mass is 16.5. The molecule has 1 aliphatic heterocycles. The predicted molar refractivity (Wildman–Crippen MR) is 99.4 cm³/mol. The largest absolute Gasteiger partial charge is 0.507 e. The Balaban J connectivity index is 1.98. The summed E-state index contributed by atoms with van der Waals surface area (Å²) >= 11 is 0. The molecular weight excluding hydrogens is 404 g/mol. The van der Waals surface area contributed by atoms with Crippen molar-refractivity contribution in [3.8, 4) is 23.0 Å². The monoisotopic (exact) mass is 422 g/mol. The summed E-state index contributed by atoms with van der Waals surface area (Å²) in [6, 6.07) is 2.90.